The largest absolute Gasteiger partial charge is 0.497 e. The Morgan fingerprint density at radius 2 is 1.79 bits per heavy atom. The zero-order valence-electron chi connectivity index (χ0n) is 15.7. The molecule has 9 heteroatoms. The Morgan fingerprint density at radius 3 is 2.43 bits per heavy atom. The van der Waals surface area contributed by atoms with E-state index in [4.69, 9.17) is 14.2 Å². The number of esters is 1. The van der Waals surface area contributed by atoms with Gasteiger partial charge in [0.1, 0.15) is 11.5 Å². The summed E-state index contributed by atoms with van der Waals surface area (Å²) in [5.41, 5.74) is 1.03. The summed E-state index contributed by atoms with van der Waals surface area (Å²) in [5, 5.41) is 2.59. The van der Waals surface area contributed by atoms with Crippen molar-refractivity contribution in [2.24, 2.45) is 0 Å². The van der Waals surface area contributed by atoms with E-state index in [1.807, 2.05) is 0 Å². The van der Waals surface area contributed by atoms with Crippen molar-refractivity contribution < 1.29 is 32.2 Å². The quantitative estimate of drug-likeness (QED) is 0.667. The van der Waals surface area contributed by atoms with Crippen LogP contribution < -0.4 is 14.8 Å². The van der Waals surface area contributed by atoms with Crippen LogP contribution in [0.5, 0.6) is 11.5 Å². The van der Waals surface area contributed by atoms with Gasteiger partial charge in [-0.1, -0.05) is 12.1 Å². The van der Waals surface area contributed by atoms with Gasteiger partial charge in [0.2, 0.25) is 0 Å². The lowest BCUT2D eigenvalue weighted by molar-refractivity contribution is -0.119. The second-order valence-corrected chi connectivity index (χ2v) is 8.10. The van der Waals surface area contributed by atoms with Crippen LogP contribution in [0.1, 0.15) is 15.9 Å². The SMILES string of the molecule is COc1ccc(NC(=O)COC(=O)c2cccc(CS(C)(=O)=O)c2)c(OC)c1. The van der Waals surface area contributed by atoms with Crippen molar-refractivity contribution in [2.45, 2.75) is 5.75 Å². The van der Waals surface area contributed by atoms with Gasteiger partial charge in [0.15, 0.2) is 16.4 Å². The Bertz CT molecular complexity index is 970. The highest BCUT2D eigenvalue weighted by atomic mass is 32.2. The molecule has 0 aliphatic rings. The molecule has 0 unspecified atom stereocenters. The van der Waals surface area contributed by atoms with Crippen molar-refractivity contribution in [3.63, 3.8) is 0 Å². The highest BCUT2D eigenvalue weighted by molar-refractivity contribution is 7.89. The molecule has 0 bridgehead atoms. The number of amides is 1. The van der Waals surface area contributed by atoms with Crippen LogP contribution in [0.25, 0.3) is 0 Å². The first-order valence-electron chi connectivity index (χ1n) is 8.17. The molecule has 0 spiro atoms. The van der Waals surface area contributed by atoms with Crippen LogP contribution in [0.2, 0.25) is 0 Å². The van der Waals surface area contributed by atoms with Gasteiger partial charge >= 0.3 is 5.97 Å². The molecule has 1 amide bonds. The number of hydrogen-bond acceptors (Lipinski definition) is 7. The van der Waals surface area contributed by atoms with E-state index >= 15 is 0 Å². The molecule has 0 radical (unpaired) electrons. The molecule has 28 heavy (non-hydrogen) atoms. The molecule has 0 atom stereocenters. The van der Waals surface area contributed by atoms with Crippen LogP contribution in [0.4, 0.5) is 5.69 Å². The second-order valence-electron chi connectivity index (χ2n) is 5.96. The van der Waals surface area contributed by atoms with E-state index in [1.165, 1.54) is 26.4 Å². The van der Waals surface area contributed by atoms with Crippen molar-refractivity contribution in [3.8, 4) is 11.5 Å². The normalized spacial score (nSPS) is 10.8. The van der Waals surface area contributed by atoms with Crippen LogP contribution in [0.3, 0.4) is 0 Å². The monoisotopic (exact) mass is 407 g/mol. The fourth-order valence-electron chi connectivity index (χ4n) is 2.39. The molecule has 2 aromatic carbocycles. The Balaban J connectivity index is 1.98. The Hall–Kier alpha value is -3.07. The van der Waals surface area contributed by atoms with Gasteiger partial charge in [0.05, 0.1) is 31.2 Å². The number of sulfone groups is 1. The van der Waals surface area contributed by atoms with Crippen molar-refractivity contribution >= 4 is 27.4 Å². The van der Waals surface area contributed by atoms with Crippen molar-refractivity contribution in [1.29, 1.82) is 0 Å². The van der Waals surface area contributed by atoms with Gasteiger partial charge < -0.3 is 19.5 Å². The summed E-state index contributed by atoms with van der Waals surface area (Å²) in [5.74, 6) is -0.509. The summed E-state index contributed by atoms with van der Waals surface area (Å²) in [6.45, 7) is -0.510. The van der Waals surface area contributed by atoms with Crippen LogP contribution >= 0.6 is 0 Å². The first-order valence-corrected chi connectivity index (χ1v) is 10.2. The molecule has 1 N–H and O–H groups in total. The molecule has 2 rings (SSSR count). The summed E-state index contributed by atoms with van der Waals surface area (Å²) in [4.78, 5) is 24.2. The highest BCUT2D eigenvalue weighted by Crippen LogP contribution is 2.28. The zero-order chi connectivity index (χ0) is 20.7. The minimum atomic E-state index is -3.23. The second kappa shape index (κ2) is 9.23. The number of methoxy groups -OCH3 is 2. The van der Waals surface area contributed by atoms with Crippen LogP contribution in [-0.4, -0.2) is 47.4 Å². The number of anilines is 1. The number of carbonyl (C=O) groups excluding carboxylic acids is 2. The average Bonchev–Trinajstić information content (AvgIpc) is 2.65. The predicted molar refractivity (Wildman–Crippen MR) is 103 cm³/mol. The molecule has 0 aliphatic carbocycles. The molecular formula is C19H21NO7S. The summed E-state index contributed by atoms with van der Waals surface area (Å²) in [7, 11) is -0.265. The summed E-state index contributed by atoms with van der Waals surface area (Å²) < 4.78 is 38.0. The van der Waals surface area contributed by atoms with E-state index in [-0.39, 0.29) is 11.3 Å². The smallest absolute Gasteiger partial charge is 0.338 e. The molecule has 8 nitrogen and oxygen atoms in total. The maximum absolute atomic E-state index is 12.1. The highest BCUT2D eigenvalue weighted by Gasteiger charge is 2.14. The molecule has 2 aromatic rings. The van der Waals surface area contributed by atoms with Gasteiger partial charge in [-0.2, -0.15) is 0 Å². The van der Waals surface area contributed by atoms with E-state index in [2.05, 4.69) is 5.32 Å². The minimum absolute atomic E-state index is 0.163. The minimum Gasteiger partial charge on any atom is -0.497 e. The third-order valence-electron chi connectivity index (χ3n) is 3.61. The third kappa shape index (κ3) is 6.27. The van der Waals surface area contributed by atoms with Gasteiger partial charge in [-0.05, 0) is 29.8 Å². The van der Waals surface area contributed by atoms with Crippen LogP contribution in [0.15, 0.2) is 42.5 Å². The van der Waals surface area contributed by atoms with Crippen molar-refractivity contribution in [1.82, 2.24) is 0 Å². The first-order chi connectivity index (χ1) is 13.2. The summed E-state index contributed by atoms with van der Waals surface area (Å²) in [6, 6.07) is 10.9. The van der Waals surface area contributed by atoms with E-state index in [9.17, 15) is 18.0 Å². The first kappa shape index (κ1) is 21.2. The van der Waals surface area contributed by atoms with Gasteiger partial charge in [-0.25, -0.2) is 13.2 Å². The van der Waals surface area contributed by atoms with Gasteiger partial charge in [-0.3, -0.25) is 4.79 Å². The predicted octanol–water partition coefficient (Wildman–Crippen LogP) is 2.04. The Morgan fingerprint density at radius 1 is 1.04 bits per heavy atom. The van der Waals surface area contributed by atoms with Gasteiger partial charge in [0.25, 0.3) is 5.91 Å². The molecule has 0 fully saturated rings. The molecule has 0 aliphatic heterocycles. The van der Waals surface area contributed by atoms with Gasteiger partial charge in [0, 0.05) is 12.3 Å². The van der Waals surface area contributed by atoms with E-state index in [0.29, 0.717) is 22.7 Å². The van der Waals surface area contributed by atoms with Crippen LogP contribution in [0, 0.1) is 0 Å². The van der Waals surface area contributed by atoms with Crippen LogP contribution in [-0.2, 0) is 25.1 Å². The molecule has 0 heterocycles. The fourth-order valence-corrected chi connectivity index (χ4v) is 3.18. The maximum atomic E-state index is 12.1. The molecule has 0 saturated carbocycles. The standard InChI is InChI=1S/C19H21NO7S/c1-25-15-7-8-16(17(10-15)26-2)20-18(21)11-27-19(22)14-6-4-5-13(9-14)12-28(3,23)24/h4-10H,11-12H2,1-3H3,(H,20,21). The number of ether oxygens (including phenoxy) is 3. The number of carbonyl (C=O) groups is 2. The fraction of sp³-hybridized carbons (Fsp3) is 0.263. The average molecular weight is 407 g/mol. The lowest BCUT2D eigenvalue weighted by Gasteiger charge is -2.12. The lowest BCUT2D eigenvalue weighted by atomic mass is 10.1. The van der Waals surface area contributed by atoms with Crippen molar-refractivity contribution in [3.05, 3.63) is 53.6 Å². The third-order valence-corrected chi connectivity index (χ3v) is 4.47. The zero-order valence-corrected chi connectivity index (χ0v) is 16.5. The molecular weight excluding hydrogens is 386 g/mol. The number of hydrogen-bond donors (Lipinski definition) is 1. The van der Waals surface area contributed by atoms with E-state index < -0.39 is 28.3 Å². The maximum Gasteiger partial charge on any atom is 0.338 e. The Kier molecular flexibility index (Phi) is 7.00. The number of rotatable bonds is 8. The van der Waals surface area contributed by atoms with Gasteiger partial charge in [-0.15, -0.1) is 0 Å². The summed E-state index contributed by atoms with van der Waals surface area (Å²) in [6.07, 6.45) is 1.11. The van der Waals surface area contributed by atoms with E-state index in [1.54, 1.807) is 30.3 Å². The molecule has 0 saturated heterocycles. The topological polar surface area (TPSA) is 108 Å². The Labute approximate surface area is 163 Å². The van der Waals surface area contributed by atoms with E-state index in [0.717, 1.165) is 6.26 Å². The summed E-state index contributed by atoms with van der Waals surface area (Å²) >= 11 is 0. The van der Waals surface area contributed by atoms with Crippen molar-refractivity contribution in [2.75, 3.05) is 32.4 Å². The lowest BCUT2D eigenvalue weighted by Crippen LogP contribution is -2.21. The number of nitrogens with one attached hydrogen (secondary N) is 1. The number of benzene rings is 2. The molecule has 150 valence electrons. The molecule has 0 aromatic heterocycles.